The first kappa shape index (κ1) is 13.9. The van der Waals surface area contributed by atoms with E-state index in [4.69, 9.17) is 9.15 Å². The van der Waals surface area contributed by atoms with Crippen molar-refractivity contribution >= 4 is 5.78 Å². The summed E-state index contributed by atoms with van der Waals surface area (Å²) in [6.45, 7) is 0. The van der Waals surface area contributed by atoms with Crippen molar-refractivity contribution < 1.29 is 19.1 Å². The Balaban J connectivity index is 2.13. The van der Waals surface area contributed by atoms with E-state index < -0.39 is 5.78 Å². The molecule has 3 rings (SSSR count). The quantitative estimate of drug-likeness (QED) is 0.748. The largest absolute Gasteiger partial charge is 0.504 e. The molecule has 0 spiro atoms. The third kappa shape index (κ3) is 2.33. The number of aromatic hydroxyl groups is 1. The van der Waals surface area contributed by atoms with Gasteiger partial charge in [0.1, 0.15) is 5.56 Å². The van der Waals surface area contributed by atoms with Gasteiger partial charge in [0, 0.05) is 23.5 Å². The number of hydrogen-bond donors (Lipinski definition) is 1. The third-order valence-corrected chi connectivity index (χ3v) is 3.22. The van der Waals surface area contributed by atoms with Gasteiger partial charge in [-0.1, -0.05) is 30.3 Å². The maximum Gasteiger partial charge on any atom is 0.300 e. The smallest absolute Gasteiger partial charge is 0.300 e. The second-order valence-electron chi connectivity index (χ2n) is 4.58. The first-order valence-electron chi connectivity index (χ1n) is 6.62. The molecule has 0 saturated heterocycles. The first-order chi connectivity index (χ1) is 10.7. The highest BCUT2D eigenvalue weighted by Gasteiger charge is 2.28. The second kappa shape index (κ2) is 5.73. The molecule has 0 unspecified atom stereocenters. The van der Waals surface area contributed by atoms with Crippen molar-refractivity contribution in [1.29, 1.82) is 0 Å². The topological polar surface area (TPSA) is 72.6 Å². The molecule has 0 fully saturated rings. The monoisotopic (exact) mass is 295 g/mol. The van der Waals surface area contributed by atoms with Gasteiger partial charge in [0.25, 0.3) is 5.95 Å². The molecule has 0 amide bonds. The molecule has 0 aliphatic carbocycles. The van der Waals surface area contributed by atoms with E-state index in [1.54, 1.807) is 30.5 Å². The number of rotatable bonds is 4. The second-order valence-corrected chi connectivity index (χ2v) is 4.58. The summed E-state index contributed by atoms with van der Waals surface area (Å²) in [6.07, 6.45) is 3.00. The molecular formula is C17H13NO4. The average Bonchev–Trinajstić information content (AvgIpc) is 2.92. The number of hydrogen-bond acceptors (Lipinski definition) is 5. The Morgan fingerprint density at radius 1 is 1.18 bits per heavy atom. The number of pyridine rings is 1. The lowest BCUT2D eigenvalue weighted by molar-refractivity contribution is 0.103. The van der Waals surface area contributed by atoms with Crippen LogP contribution in [0.5, 0.6) is 11.7 Å². The fourth-order valence-corrected chi connectivity index (χ4v) is 2.17. The Morgan fingerprint density at radius 2 is 1.95 bits per heavy atom. The van der Waals surface area contributed by atoms with Crippen LogP contribution in [-0.2, 0) is 0 Å². The highest BCUT2D eigenvalue weighted by molar-refractivity contribution is 6.13. The molecule has 0 atom stereocenters. The molecular weight excluding hydrogens is 282 g/mol. The van der Waals surface area contributed by atoms with Gasteiger partial charge >= 0.3 is 0 Å². The fourth-order valence-electron chi connectivity index (χ4n) is 2.17. The van der Waals surface area contributed by atoms with E-state index in [1.165, 1.54) is 13.3 Å². The maximum atomic E-state index is 12.6. The van der Waals surface area contributed by atoms with E-state index in [-0.39, 0.29) is 23.0 Å². The molecule has 1 N–H and O–H groups in total. The van der Waals surface area contributed by atoms with Crippen LogP contribution in [0, 0.1) is 0 Å². The highest BCUT2D eigenvalue weighted by atomic mass is 16.6. The van der Waals surface area contributed by atoms with Crippen molar-refractivity contribution in [3.8, 4) is 23.0 Å². The van der Waals surface area contributed by atoms with E-state index in [2.05, 4.69) is 4.98 Å². The van der Waals surface area contributed by atoms with Crippen LogP contribution in [0.3, 0.4) is 0 Å². The van der Waals surface area contributed by atoms with Crippen LogP contribution in [-0.4, -0.2) is 23.0 Å². The molecule has 110 valence electrons. The summed E-state index contributed by atoms with van der Waals surface area (Å²) in [4.78, 5) is 16.5. The highest BCUT2D eigenvalue weighted by Crippen LogP contribution is 2.42. The lowest BCUT2D eigenvalue weighted by atomic mass is 10.0. The third-order valence-electron chi connectivity index (χ3n) is 3.22. The Morgan fingerprint density at radius 3 is 2.59 bits per heavy atom. The van der Waals surface area contributed by atoms with Gasteiger partial charge in [0.15, 0.2) is 11.5 Å². The van der Waals surface area contributed by atoms with Gasteiger partial charge < -0.3 is 14.3 Å². The van der Waals surface area contributed by atoms with Crippen molar-refractivity contribution in [2.24, 2.45) is 0 Å². The summed E-state index contributed by atoms with van der Waals surface area (Å²) in [5.41, 5.74) is 0.995. The van der Waals surface area contributed by atoms with E-state index in [9.17, 15) is 9.90 Å². The van der Waals surface area contributed by atoms with Crippen molar-refractivity contribution in [1.82, 2.24) is 4.98 Å². The normalized spacial score (nSPS) is 10.4. The predicted molar refractivity (Wildman–Crippen MR) is 80.0 cm³/mol. The first-order valence-corrected chi connectivity index (χ1v) is 6.62. The molecule has 5 nitrogen and oxygen atoms in total. The van der Waals surface area contributed by atoms with E-state index in [0.717, 1.165) is 0 Å². The van der Waals surface area contributed by atoms with Crippen LogP contribution in [0.4, 0.5) is 0 Å². The van der Waals surface area contributed by atoms with Crippen LogP contribution >= 0.6 is 0 Å². The molecule has 0 aliphatic rings. The number of ether oxygens (including phenoxy) is 1. The lowest BCUT2D eigenvalue weighted by Crippen LogP contribution is -2.02. The summed E-state index contributed by atoms with van der Waals surface area (Å²) in [6, 6.07) is 12.3. The molecule has 1 aromatic carbocycles. The number of ketones is 1. The Kier molecular flexibility index (Phi) is 3.62. The minimum Gasteiger partial charge on any atom is -0.504 e. The minimum absolute atomic E-state index is 0.00523. The lowest BCUT2D eigenvalue weighted by Gasteiger charge is -2.00. The number of carbonyl (C=O) groups excluding carboxylic acids is 1. The van der Waals surface area contributed by atoms with Crippen LogP contribution in [0.1, 0.15) is 15.9 Å². The van der Waals surface area contributed by atoms with Gasteiger partial charge in [-0.15, -0.1) is 0 Å². The minimum atomic E-state index is -0.409. The molecule has 0 bridgehead atoms. The number of aromatic nitrogens is 1. The van der Waals surface area contributed by atoms with Gasteiger partial charge in [-0.25, -0.2) is 0 Å². The molecule has 2 aromatic heterocycles. The number of benzene rings is 1. The molecule has 22 heavy (non-hydrogen) atoms. The Bertz CT molecular complexity index is 794. The zero-order valence-corrected chi connectivity index (χ0v) is 11.8. The van der Waals surface area contributed by atoms with E-state index in [1.807, 2.05) is 18.2 Å². The number of methoxy groups -OCH3 is 1. The van der Waals surface area contributed by atoms with Crippen molar-refractivity contribution in [3.63, 3.8) is 0 Å². The Labute approximate surface area is 126 Å². The average molecular weight is 295 g/mol. The standard InChI is InChI=1S/C17H13NO4/c1-21-17-13(14(19)12-8-5-9-18-10-12)15(20)16(22-17)11-6-3-2-4-7-11/h2-10,20H,1H3. The van der Waals surface area contributed by atoms with Crippen LogP contribution < -0.4 is 4.74 Å². The van der Waals surface area contributed by atoms with Crippen LogP contribution in [0.15, 0.2) is 59.3 Å². The van der Waals surface area contributed by atoms with E-state index in [0.29, 0.717) is 11.1 Å². The van der Waals surface area contributed by atoms with E-state index >= 15 is 0 Å². The number of nitrogens with zero attached hydrogens (tertiary/aromatic N) is 1. The molecule has 0 radical (unpaired) electrons. The van der Waals surface area contributed by atoms with Gasteiger partial charge in [0.2, 0.25) is 5.78 Å². The van der Waals surface area contributed by atoms with Crippen LogP contribution in [0.2, 0.25) is 0 Å². The van der Waals surface area contributed by atoms with Crippen molar-refractivity contribution in [2.45, 2.75) is 0 Å². The number of carbonyl (C=O) groups is 1. The molecule has 2 heterocycles. The van der Waals surface area contributed by atoms with Gasteiger partial charge in [0.05, 0.1) is 7.11 Å². The van der Waals surface area contributed by atoms with Gasteiger partial charge in [-0.2, -0.15) is 0 Å². The summed E-state index contributed by atoms with van der Waals surface area (Å²) in [5.74, 6) is -0.472. The molecule has 0 saturated carbocycles. The fraction of sp³-hybridized carbons (Fsp3) is 0.0588. The van der Waals surface area contributed by atoms with Crippen LogP contribution in [0.25, 0.3) is 11.3 Å². The Hall–Kier alpha value is -3.08. The number of furan rings is 1. The SMILES string of the molecule is COc1oc(-c2ccccc2)c(O)c1C(=O)c1cccnc1. The summed E-state index contributed by atoms with van der Waals surface area (Å²) >= 11 is 0. The zero-order chi connectivity index (χ0) is 15.5. The predicted octanol–water partition coefficient (Wildman–Crippen LogP) is 3.29. The summed E-state index contributed by atoms with van der Waals surface area (Å²) in [7, 11) is 1.38. The van der Waals surface area contributed by atoms with Crippen molar-refractivity contribution in [3.05, 3.63) is 66.0 Å². The molecule has 3 aromatic rings. The summed E-state index contributed by atoms with van der Waals surface area (Å²) in [5, 5.41) is 10.4. The zero-order valence-electron chi connectivity index (χ0n) is 11.8. The molecule has 0 aliphatic heterocycles. The van der Waals surface area contributed by atoms with Gasteiger partial charge in [-0.3, -0.25) is 9.78 Å². The maximum absolute atomic E-state index is 12.6. The molecule has 5 heteroatoms. The van der Waals surface area contributed by atoms with Gasteiger partial charge in [-0.05, 0) is 12.1 Å². The summed E-state index contributed by atoms with van der Waals surface area (Å²) < 4.78 is 10.6. The van der Waals surface area contributed by atoms with Crippen molar-refractivity contribution in [2.75, 3.05) is 7.11 Å².